The van der Waals surface area contributed by atoms with Crippen molar-refractivity contribution in [1.82, 2.24) is 5.32 Å². The van der Waals surface area contributed by atoms with E-state index in [-0.39, 0.29) is 24.9 Å². The van der Waals surface area contributed by atoms with Gasteiger partial charge in [0.25, 0.3) is 5.91 Å². The maximum Gasteiger partial charge on any atom is 0.258 e. The molecule has 0 fully saturated rings. The lowest BCUT2D eigenvalue weighted by atomic mass is 10.1. The highest BCUT2D eigenvalue weighted by molar-refractivity contribution is 5.85. The first-order valence-electron chi connectivity index (χ1n) is 6.32. The molecule has 0 saturated carbocycles. The molecule has 0 aliphatic rings. The number of hydrogen-bond acceptors (Lipinski definition) is 4. The summed E-state index contributed by atoms with van der Waals surface area (Å²) in [5.74, 6) is 0.994. The fourth-order valence-electron chi connectivity index (χ4n) is 1.36. The summed E-state index contributed by atoms with van der Waals surface area (Å²) in [4.78, 5) is 11.6. The minimum absolute atomic E-state index is 0. The number of carbonyl (C=O) groups is 1. The zero-order valence-electron chi connectivity index (χ0n) is 12.1. The number of ether oxygens (including phenoxy) is 2. The van der Waals surface area contributed by atoms with Crippen LogP contribution >= 0.6 is 12.4 Å². The zero-order chi connectivity index (χ0) is 14.3. The first-order valence-corrected chi connectivity index (χ1v) is 6.32. The molecule has 1 aromatic carbocycles. The molecular formula is C14H23ClN2O3. The highest BCUT2D eigenvalue weighted by atomic mass is 35.5. The summed E-state index contributed by atoms with van der Waals surface area (Å²) in [6.45, 7) is 6.49. The van der Waals surface area contributed by atoms with Gasteiger partial charge in [0.05, 0.1) is 6.61 Å². The van der Waals surface area contributed by atoms with Gasteiger partial charge in [-0.2, -0.15) is 0 Å². The summed E-state index contributed by atoms with van der Waals surface area (Å²) < 4.78 is 10.8. The Hall–Kier alpha value is -1.46. The van der Waals surface area contributed by atoms with Gasteiger partial charge in [-0.25, -0.2) is 0 Å². The van der Waals surface area contributed by atoms with E-state index in [0.29, 0.717) is 24.7 Å². The topological polar surface area (TPSA) is 73.6 Å². The van der Waals surface area contributed by atoms with E-state index in [1.54, 1.807) is 12.1 Å². The Kier molecular flexibility index (Phi) is 8.03. The molecular weight excluding hydrogens is 280 g/mol. The number of nitrogens with one attached hydrogen (secondary N) is 1. The van der Waals surface area contributed by atoms with Crippen LogP contribution in [0.4, 0.5) is 0 Å². The standard InChI is InChI=1S/C14H22N2O3.ClH/c1-4-18-11-7-5-6-8-12(11)19-9-13(17)16-10-14(2,3)15;/h5-8H,4,9-10,15H2,1-3H3,(H,16,17);1H. The van der Waals surface area contributed by atoms with Crippen LogP contribution in [-0.2, 0) is 4.79 Å². The molecule has 0 aliphatic heterocycles. The first kappa shape index (κ1) is 18.5. The van der Waals surface area contributed by atoms with Gasteiger partial charge in [0.15, 0.2) is 18.1 Å². The Morgan fingerprint density at radius 3 is 2.30 bits per heavy atom. The van der Waals surface area contributed by atoms with Gasteiger partial charge in [-0.1, -0.05) is 12.1 Å². The third kappa shape index (κ3) is 7.21. The normalized spacial score (nSPS) is 10.4. The molecule has 0 heterocycles. The van der Waals surface area contributed by atoms with E-state index in [1.165, 1.54) is 0 Å². The van der Waals surface area contributed by atoms with Gasteiger partial charge >= 0.3 is 0 Å². The Bertz CT molecular complexity index is 419. The number of amides is 1. The summed E-state index contributed by atoms with van der Waals surface area (Å²) in [7, 11) is 0. The van der Waals surface area contributed by atoms with Crippen LogP contribution < -0.4 is 20.5 Å². The van der Waals surface area contributed by atoms with E-state index in [1.807, 2.05) is 32.9 Å². The molecule has 0 radical (unpaired) electrons. The SMILES string of the molecule is CCOc1ccccc1OCC(=O)NCC(C)(C)N.Cl. The quantitative estimate of drug-likeness (QED) is 0.804. The van der Waals surface area contributed by atoms with E-state index in [0.717, 1.165) is 0 Å². The number of hydrogen-bond donors (Lipinski definition) is 2. The number of rotatable bonds is 7. The summed E-state index contributed by atoms with van der Waals surface area (Å²) in [5, 5.41) is 2.71. The molecule has 1 aromatic rings. The molecule has 1 rings (SSSR count). The number of carbonyl (C=O) groups excluding carboxylic acids is 1. The molecule has 20 heavy (non-hydrogen) atoms. The molecule has 0 aromatic heterocycles. The van der Waals surface area contributed by atoms with Crippen molar-refractivity contribution in [2.24, 2.45) is 5.73 Å². The fraction of sp³-hybridized carbons (Fsp3) is 0.500. The van der Waals surface area contributed by atoms with Crippen molar-refractivity contribution in [1.29, 1.82) is 0 Å². The minimum Gasteiger partial charge on any atom is -0.490 e. The number of benzene rings is 1. The number of para-hydroxylation sites is 2. The number of nitrogens with two attached hydrogens (primary N) is 1. The average Bonchev–Trinajstić information content (AvgIpc) is 2.35. The largest absolute Gasteiger partial charge is 0.490 e. The highest BCUT2D eigenvalue weighted by Crippen LogP contribution is 2.26. The van der Waals surface area contributed by atoms with Crippen LogP contribution in [0, 0.1) is 0 Å². The second-order valence-corrected chi connectivity index (χ2v) is 4.93. The summed E-state index contributed by atoms with van der Waals surface area (Å²) in [5.41, 5.74) is 5.35. The van der Waals surface area contributed by atoms with Gasteiger partial charge < -0.3 is 20.5 Å². The zero-order valence-corrected chi connectivity index (χ0v) is 13.0. The number of halogens is 1. The maximum absolute atomic E-state index is 11.6. The molecule has 114 valence electrons. The molecule has 0 atom stereocenters. The maximum atomic E-state index is 11.6. The Morgan fingerprint density at radius 1 is 1.25 bits per heavy atom. The molecule has 0 saturated heterocycles. The molecule has 6 heteroatoms. The highest BCUT2D eigenvalue weighted by Gasteiger charge is 2.13. The first-order chi connectivity index (χ1) is 8.92. The lowest BCUT2D eigenvalue weighted by Crippen LogP contribution is -2.46. The van der Waals surface area contributed by atoms with Crippen molar-refractivity contribution in [2.75, 3.05) is 19.8 Å². The molecule has 0 aliphatic carbocycles. The Balaban J connectivity index is 0.00000361. The molecule has 0 bridgehead atoms. The van der Waals surface area contributed by atoms with Crippen molar-refractivity contribution in [3.63, 3.8) is 0 Å². The van der Waals surface area contributed by atoms with Crippen LogP contribution in [0.5, 0.6) is 11.5 Å². The van der Waals surface area contributed by atoms with Gasteiger partial charge in [-0.15, -0.1) is 12.4 Å². The van der Waals surface area contributed by atoms with E-state index >= 15 is 0 Å². The van der Waals surface area contributed by atoms with Gasteiger partial charge in [-0.05, 0) is 32.9 Å². The van der Waals surface area contributed by atoms with E-state index < -0.39 is 5.54 Å². The lowest BCUT2D eigenvalue weighted by Gasteiger charge is -2.19. The fourth-order valence-corrected chi connectivity index (χ4v) is 1.36. The van der Waals surface area contributed by atoms with Crippen LogP contribution in [0.3, 0.4) is 0 Å². The van der Waals surface area contributed by atoms with E-state index in [9.17, 15) is 4.79 Å². The van der Waals surface area contributed by atoms with Crippen molar-refractivity contribution < 1.29 is 14.3 Å². The molecule has 0 unspecified atom stereocenters. The van der Waals surface area contributed by atoms with Crippen LogP contribution in [0.15, 0.2) is 24.3 Å². The Morgan fingerprint density at radius 2 is 1.80 bits per heavy atom. The predicted molar refractivity (Wildman–Crippen MR) is 81.6 cm³/mol. The minimum atomic E-state index is -0.432. The average molecular weight is 303 g/mol. The van der Waals surface area contributed by atoms with Gasteiger partial charge in [0, 0.05) is 12.1 Å². The van der Waals surface area contributed by atoms with Crippen LogP contribution in [0.25, 0.3) is 0 Å². The van der Waals surface area contributed by atoms with Crippen LogP contribution in [0.1, 0.15) is 20.8 Å². The molecule has 1 amide bonds. The van der Waals surface area contributed by atoms with Crippen molar-refractivity contribution in [2.45, 2.75) is 26.3 Å². The third-order valence-corrected chi connectivity index (χ3v) is 2.25. The van der Waals surface area contributed by atoms with Crippen molar-refractivity contribution in [3.05, 3.63) is 24.3 Å². The van der Waals surface area contributed by atoms with Crippen molar-refractivity contribution >= 4 is 18.3 Å². The third-order valence-electron chi connectivity index (χ3n) is 2.25. The van der Waals surface area contributed by atoms with Crippen molar-refractivity contribution in [3.8, 4) is 11.5 Å². The monoisotopic (exact) mass is 302 g/mol. The second-order valence-electron chi connectivity index (χ2n) is 4.93. The summed E-state index contributed by atoms with van der Waals surface area (Å²) in [6.07, 6.45) is 0. The van der Waals surface area contributed by atoms with Crippen LogP contribution in [-0.4, -0.2) is 31.2 Å². The van der Waals surface area contributed by atoms with Gasteiger partial charge in [-0.3, -0.25) is 4.79 Å². The molecule has 3 N–H and O–H groups in total. The predicted octanol–water partition coefficient (Wildman–Crippen LogP) is 1.74. The van der Waals surface area contributed by atoms with E-state index in [2.05, 4.69) is 5.32 Å². The summed E-state index contributed by atoms with van der Waals surface area (Å²) >= 11 is 0. The molecule has 0 spiro atoms. The van der Waals surface area contributed by atoms with Crippen LogP contribution in [0.2, 0.25) is 0 Å². The Labute approximate surface area is 126 Å². The second kappa shape index (κ2) is 8.66. The smallest absolute Gasteiger partial charge is 0.258 e. The summed E-state index contributed by atoms with van der Waals surface area (Å²) in [6, 6.07) is 7.26. The van der Waals surface area contributed by atoms with Gasteiger partial charge in [0.2, 0.25) is 0 Å². The van der Waals surface area contributed by atoms with E-state index in [4.69, 9.17) is 15.2 Å². The molecule has 5 nitrogen and oxygen atoms in total. The lowest BCUT2D eigenvalue weighted by molar-refractivity contribution is -0.123. The van der Waals surface area contributed by atoms with Gasteiger partial charge in [0.1, 0.15) is 0 Å².